The van der Waals surface area contributed by atoms with E-state index in [4.69, 9.17) is 9.84 Å². The van der Waals surface area contributed by atoms with Crippen LogP contribution in [0.25, 0.3) is 0 Å². The predicted octanol–water partition coefficient (Wildman–Crippen LogP) is 7.96. The number of rotatable bonds is 17. The Morgan fingerprint density at radius 3 is 2.02 bits per heavy atom. The molecular formula is C32H31F9N2O5. The van der Waals surface area contributed by atoms with E-state index in [2.05, 4.69) is 10.1 Å². The molecule has 3 aromatic carbocycles. The molecule has 0 heterocycles. The van der Waals surface area contributed by atoms with Crippen molar-refractivity contribution in [1.29, 1.82) is 0 Å². The summed E-state index contributed by atoms with van der Waals surface area (Å²) in [6.07, 6.45) is -12.0. The SMILES string of the molecule is O=C(O)CCCCCCOc1ccc(C[C@@](NC(=O)NCC(F)(F)F)(c2ccc(F)cc2)c2cc(F)cc(OC(F)(F)C(F)F)c2)cc1. The predicted molar refractivity (Wildman–Crippen MR) is 154 cm³/mol. The first-order valence-electron chi connectivity index (χ1n) is 14.5. The molecule has 3 rings (SSSR count). The lowest BCUT2D eigenvalue weighted by Crippen LogP contribution is -2.53. The van der Waals surface area contributed by atoms with Gasteiger partial charge in [0, 0.05) is 18.9 Å². The summed E-state index contributed by atoms with van der Waals surface area (Å²) < 4.78 is 131. The van der Waals surface area contributed by atoms with Crippen LogP contribution >= 0.6 is 0 Å². The molecule has 1 atom stereocenters. The third-order valence-corrected chi connectivity index (χ3v) is 6.93. The van der Waals surface area contributed by atoms with Gasteiger partial charge >= 0.3 is 30.7 Å². The van der Waals surface area contributed by atoms with E-state index in [-0.39, 0.29) is 12.0 Å². The van der Waals surface area contributed by atoms with E-state index < -0.39 is 72.2 Å². The number of nitrogens with one attached hydrogen (secondary N) is 2. The second-order valence-electron chi connectivity index (χ2n) is 10.7. The van der Waals surface area contributed by atoms with Crippen LogP contribution in [-0.2, 0) is 16.8 Å². The van der Waals surface area contributed by atoms with Crippen LogP contribution in [0.2, 0.25) is 0 Å². The molecule has 0 saturated heterocycles. The van der Waals surface area contributed by atoms with E-state index in [1.54, 1.807) is 5.32 Å². The van der Waals surface area contributed by atoms with Crippen LogP contribution < -0.4 is 20.1 Å². The number of aliphatic carboxylic acids is 1. The molecule has 48 heavy (non-hydrogen) atoms. The Morgan fingerprint density at radius 2 is 1.42 bits per heavy atom. The number of carboxylic acids is 1. The van der Waals surface area contributed by atoms with Gasteiger partial charge in [0.2, 0.25) is 0 Å². The number of alkyl halides is 7. The number of benzene rings is 3. The molecule has 3 aromatic rings. The molecular weight excluding hydrogens is 663 g/mol. The number of amides is 2. The van der Waals surface area contributed by atoms with Crippen LogP contribution in [0.15, 0.2) is 66.7 Å². The van der Waals surface area contributed by atoms with Gasteiger partial charge in [-0.25, -0.2) is 13.6 Å². The minimum absolute atomic E-state index is 0.0496. The molecule has 3 N–H and O–H groups in total. The van der Waals surface area contributed by atoms with Gasteiger partial charge < -0.3 is 25.2 Å². The first kappa shape index (κ1) is 37.8. The number of unbranched alkanes of at least 4 members (excludes halogenated alkanes) is 3. The molecule has 0 spiro atoms. The van der Waals surface area contributed by atoms with Gasteiger partial charge in [-0.1, -0.05) is 37.1 Å². The molecule has 262 valence electrons. The van der Waals surface area contributed by atoms with E-state index in [1.165, 1.54) is 24.3 Å². The summed E-state index contributed by atoms with van der Waals surface area (Å²) in [6.45, 7) is -1.50. The van der Waals surface area contributed by atoms with E-state index >= 15 is 0 Å². The Labute approximate surface area is 269 Å². The molecule has 0 aliphatic carbocycles. The molecule has 0 aliphatic heterocycles. The minimum Gasteiger partial charge on any atom is -0.494 e. The summed E-state index contributed by atoms with van der Waals surface area (Å²) in [5.41, 5.74) is -2.26. The maximum absolute atomic E-state index is 14.9. The number of hydrogen-bond donors (Lipinski definition) is 3. The van der Waals surface area contributed by atoms with Crippen molar-refractivity contribution in [2.24, 2.45) is 0 Å². The highest BCUT2D eigenvalue weighted by molar-refractivity contribution is 5.76. The van der Waals surface area contributed by atoms with Gasteiger partial charge in [0.15, 0.2) is 0 Å². The largest absolute Gasteiger partial charge is 0.494 e. The molecule has 0 radical (unpaired) electrons. The smallest absolute Gasteiger partial charge is 0.461 e. The summed E-state index contributed by atoms with van der Waals surface area (Å²) in [5.74, 6) is -3.64. The Balaban J connectivity index is 2.01. The van der Waals surface area contributed by atoms with Crippen LogP contribution in [-0.4, -0.2) is 49.0 Å². The zero-order valence-electron chi connectivity index (χ0n) is 25.1. The molecule has 0 aliphatic rings. The average Bonchev–Trinajstić information content (AvgIpc) is 2.99. The molecule has 0 saturated carbocycles. The van der Waals surface area contributed by atoms with Crippen LogP contribution in [0.4, 0.5) is 44.3 Å². The molecule has 0 aromatic heterocycles. The fraction of sp³-hybridized carbons (Fsp3) is 0.375. The zero-order chi connectivity index (χ0) is 35.5. The van der Waals surface area contributed by atoms with E-state index in [9.17, 15) is 49.1 Å². The van der Waals surface area contributed by atoms with Crippen molar-refractivity contribution in [1.82, 2.24) is 10.6 Å². The van der Waals surface area contributed by atoms with Gasteiger partial charge in [-0.05, 0) is 65.9 Å². The first-order valence-corrected chi connectivity index (χ1v) is 14.5. The van der Waals surface area contributed by atoms with Gasteiger partial charge in [-0.15, -0.1) is 0 Å². The Hall–Kier alpha value is -4.63. The van der Waals surface area contributed by atoms with Crippen LogP contribution in [0.3, 0.4) is 0 Å². The Kier molecular flexibility index (Phi) is 13.0. The monoisotopic (exact) mass is 694 g/mol. The summed E-state index contributed by atoms with van der Waals surface area (Å²) in [4.78, 5) is 23.5. The van der Waals surface area contributed by atoms with Gasteiger partial charge in [-0.3, -0.25) is 4.79 Å². The van der Waals surface area contributed by atoms with E-state index in [0.717, 1.165) is 36.8 Å². The lowest BCUT2D eigenvalue weighted by Gasteiger charge is -2.37. The molecule has 7 nitrogen and oxygen atoms in total. The maximum Gasteiger partial charge on any atom is 0.461 e. The van der Waals surface area contributed by atoms with Gasteiger partial charge in [0.05, 0.1) is 12.1 Å². The average molecular weight is 695 g/mol. The van der Waals surface area contributed by atoms with Crippen molar-refractivity contribution in [2.45, 2.75) is 62.8 Å². The number of carboxylic acid groups (broad SMARTS) is 1. The second kappa shape index (κ2) is 16.5. The summed E-state index contributed by atoms with van der Waals surface area (Å²) in [5, 5.41) is 12.6. The lowest BCUT2D eigenvalue weighted by molar-refractivity contribution is -0.253. The van der Waals surface area contributed by atoms with Crippen LogP contribution in [0, 0.1) is 11.6 Å². The summed E-state index contributed by atoms with van der Waals surface area (Å²) in [7, 11) is 0. The first-order chi connectivity index (χ1) is 22.5. The number of carbonyl (C=O) groups excluding carboxylic acids is 1. The highest BCUT2D eigenvalue weighted by Gasteiger charge is 2.45. The van der Waals surface area contributed by atoms with Gasteiger partial charge in [0.25, 0.3) is 0 Å². The maximum atomic E-state index is 14.9. The van der Waals surface area contributed by atoms with Crippen LogP contribution in [0.5, 0.6) is 11.5 Å². The second-order valence-corrected chi connectivity index (χ2v) is 10.7. The van der Waals surface area contributed by atoms with Crippen molar-refractivity contribution < 1.29 is 63.7 Å². The Morgan fingerprint density at radius 1 is 0.771 bits per heavy atom. The molecule has 0 bridgehead atoms. The summed E-state index contributed by atoms with van der Waals surface area (Å²) >= 11 is 0. The third kappa shape index (κ3) is 11.6. The highest BCUT2D eigenvalue weighted by Crippen LogP contribution is 2.38. The number of urea groups is 1. The fourth-order valence-electron chi connectivity index (χ4n) is 4.71. The van der Waals surface area contributed by atoms with Gasteiger partial charge in [0.1, 0.15) is 29.7 Å². The quantitative estimate of drug-likeness (QED) is 0.0985. The number of carbonyl (C=O) groups is 2. The summed E-state index contributed by atoms with van der Waals surface area (Å²) in [6, 6.07) is 10.5. The van der Waals surface area contributed by atoms with E-state index in [1.807, 2.05) is 0 Å². The number of hydrogen-bond acceptors (Lipinski definition) is 4. The Bertz CT molecular complexity index is 1500. The van der Waals surface area contributed by atoms with Crippen molar-refractivity contribution in [3.05, 3.63) is 95.1 Å². The zero-order valence-corrected chi connectivity index (χ0v) is 25.1. The molecule has 2 amide bonds. The molecule has 16 heteroatoms. The number of ether oxygens (including phenoxy) is 2. The van der Waals surface area contributed by atoms with Crippen molar-refractivity contribution in [2.75, 3.05) is 13.2 Å². The molecule has 0 unspecified atom stereocenters. The van der Waals surface area contributed by atoms with E-state index in [0.29, 0.717) is 49.3 Å². The number of halogens is 9. The normalized spacial score (nSPS) is 13.1. The lowest BCUT2D eigenvalue weighted by atomic mass is 9.77. The standard InChI is InChI=1S/C32H31F9N2O5/c33-23-10-8-21(9-11-23)30(43-29(46)42-19-31(37,38)39,22-15-24(34)17-26(16-22)48-32(40,41)28(35)36)18-20-6-12-25(13-7-20)47-14-4-2-1-3-5-27(44)45/h6-13,15-17,28H,1-5,14,18-19H2,(H,44,45)(H2,42,43,46)/t30-/m1/s1. The third-order valence-electron chi connectivity index (χ3n) is 6.93. The topological polar surface area (TPSA) is 96.9 Å². The van der Waals surface area contributed by atoms with Crippen molar-refractivity contribution >= 4 is 12.0 Å². The highest BCUT2D eigenvalue weighted by atomic mass is 19.4. The van der Waals surface area contributed by atoms with Crippen LogP contribution in [0.1, 0.15) is 48.8 Å². The van der Waals surface area contributed by atoms with Crippen molar-refractivity contribution in [3.63, 3.8) is 0 Å². The minimum atomic E-state index is -5.06. The van der Waals surface area contributed by atoms with Gasteiger partial charge in [-0.2, -0.15) is 30.7 Å². The van der Waals surface area contributed by atoms with Crippen molar-refractivity contribution in [3.8, 4) is 11.5 Å². The fourth-order valence-corrected chi connectivity index (χ4v) is 4.71. The molecule has 0 fully saturated rings.